The molecule has 0 atom stereocenters. The molecule has 0 radical (unpaired) electrons. The van der Waals surface area contributed by atoms with Gasteiger partial charge in [0.1, 0.15) is 4.92 Å². The number of hydrogen-bond donors (Lipinski definition) is 1. The first kappa shape index (κ1) is 11.3. The third kappa shape index (κ3) is 2.48. The van der Waals surface area contributed by atoms with Gasteiger partial charge in [-0.1, -0.05) is 12.1 Å². The molecule has 2 aromatic heterocycles. The number of rotatable bonds is 5. The first-order valence-corrected chi connectivity index (χ1v) is 4.98. The second-order valence-corrected chi connectivity index (χ2v) is 3.19. The molecule has 0 aliphatic rings. The lowest BCUT2D eigenvalue weighted by atomic mass is 10.4. The van der Waals surface area contributed by atoms with Crippen molar-refractivity contribution in [2.75, 3.05) is 6.54 Å². The molecule has 0 fully saturated rings. The van der Waals surface area contributed by atoms with E-state index in [9.17, 15) is 10.1 Å². The van der Waals surface area contributed by atoms with Crippen molar-refractivity contribution in [1.82, 2.24) is 15.5 Å². The molecule has 0 amide bonds. The van der Waals surface area contributed by atoms with Gasteiger partial charge in [0, 0.05) is 0 Å². The van der Waals surface area contributed by atoms with Gasteiger partial charge in [-0.2, -0.15) is 4.98 Å². The third-order valence-electron chi connectivity index (χ3n) is 1.99. The van der Waals surface area contributed by atoms with Gasteiger partial charge < -0.3 is 14.3 Å². The highest BCUT2D eigenvalue weighted by molar-refractivity contribution is 5.47. The Morgan fingerprint density at radius 3 is 3.00 bits per heavy atom. The summed E-state index contributed by atoms with van der Waals surface area (Å²) >= 11 is 0. The largest absolute Gasteiger partial charge is 0.433 e. The molecule has 0 aromatic carbocycles. The lowest BCUT2D eigenvalue weighted by Gasteiger charge is -1.91. The van der Waals surface area contributed by atoms with Crippen LogP contribution in [0.25, 0.3) is 11.6 Å². The smallest absolute Gasteiger partial charge is 0.397 e. The van der Waals surface area contributed by atoms with Gasteiger partial charge in [-0.05, 0) is 12.6 Å². The topological polar surface area (TPSA) is 107 Å². The van der Waals surface area contributed by atoms with Crippen LogP contribution in [0, 0.1) is 10.1 Å². The van der Waals surface area contributed by atoms with Crippen LogP contribution in [0.3, 0.4) is 0 Å². The van der Waals surface area contributed by atoms with Gasteiger partial charge in [0.2, 0.25) is 11.7 Å². The highest BCUT2D eigenvalue weighted by atomic mass is 16.6. The number of hydrogen-bond acceptors (Lipinski definition) is 7. The molecular formula is C9H10N4O4. The van der Waals surface area contributed by atoms with Crippen molar-refractivity contribution in [1.29, 1.82) is 0 Å². The molecule has 0 bridgehead atoms. The molecule has 17 heavy (non-hydrogen) atoms. The predicted octanol–water partition coefficient (Wildman–Crippen LogP) is 1.35. The molecule has 2 heterocycles. The zero-order chi connectivity index (χ0) is 12.3. The van der Waals surface area contributed by atoms with Crippen LogP contribution in [0.4, 0.5) is 5.88 Å². The fourth-order valence-corrected chi connectivity index (χ4v) is 1.20. The van der Waals surface area contributed by atoms with Crippen LogP contribution in [0.2, 0.25) is 0 Å². The van der Waals surface area contributed by atoms with E-state index in [1.165, 1.54) is 12.1 Å². The summed E-state index contributed by atoms with van der Waals surface area (Å²) in [5.41, 5.74) is 0. The SMILES string of the molecule is CCNCc1nc(-c2ccc([N+](=O)[O-])o2)no1. The van der Waals surface area contributed by atoms with Crippen molar-refractivity contribution >= 4 is 5.88 Å². The van der Waals surface area contributed by atoms with Gasteiger partial charge in [0.05, 0.1) is 12.6 Å². The molecule has 0 saturated carbocycles. The molecule has 1 N–H and O–H groups in total. The van der Waals surface area contributed by atoms with Crippen LogP contribution in [0.5, 0.6) is 0 Å². The van der Waals surface area contributed by atoms with E-state index in [1.54, 1.807) is 0 Å². The van der Waals surface area contributed by atoms with Crippen LogP contribution in [-0.2, 0) is 6.54 Å². The molecule has 2 rings (SSSR count). The zero-order valence-electron chi connectivity index (χ0n) is 9.04. The maximum Gasteiger partial charge on any atom is 0.433 e. The van der Waals surface area contributed by atoms with Crippen molar-refractivity contribution in [2.24, 2.45) is 0 Å². The molecule has 0 aliphatic heterocycles. The minimum absolute atomic E-state index is 0.200. The average Bonchev–Trinajstić information content (AvgIpc) is 2.94. The molecule has 0 unspecified atom stereocenters. The van der Waals surface area contributed by atoms with E-state index in [2.05, 4.69) is 15.5 Å². The van der Waals surface area contributed by atoms with E-state index >= 15 is 0 Å². The van der Waals surface area contributed by atoms with E-state index in [-0.39, 0.29) is 17.5 Å². The lowest BCUT2D eigenvalue weighted by Crippen LogP contribution is -2.11. The maximum atomic E-state index is 10.4. The standard InChI is InChI=1S/C9H10N4O4/c1-2-10-5-7-11-9(12-17-7)6-3-4-8(16-6)13(14)15/h3-4,10H,2,5H2,1H3. The highest BCUT2D eigenvalue weighted by Gasteiger charge is 2.17. The first-order valence-electron chi connectivity index (χ1n) is 4.98. The Labute approximate surface area is 95.8 Å². The van der Waals surface area contributed by atoms with Gasteiger partial charge in [-0.25, -0.2) is 0 Å². The first-order chi connectivity index (χ1) is 8.20. The number of nitrogens with zero attached hydrogens (tertiary/aromatic N) is 3. The summed E-state index contributed by atoms with van der Waals surface area (Å²) in [5, 5.41) is 17.1. The minimum atomic E-state index is -0.622. The fraction of sp³-hybridized carbons (Fsp3) is 0.333. The Hall–Kier alpha value is -2.22. The van der Waals surface area contributed by atoms with Gasteiger partial charge in [0.15, 0.2) is 5.76 Å². The van der Waals surface area contributed by atoms with Crippen LogP contribution in [-0.4, -0.2) is 21.6 Å². The zero-order valence-corrected chi connectivity index (χ0v) is 9.04. The van der Waals surface area contributed by atoms with Crippen LogP contribution >= 0.6 is 0 Å². The molecule has 8 nitrogen and oxygen atoms in total. The molecule has 0 aliphatic carbocycles. The summed E-state index contributed by atoms with van der Waals surface area (Å²) in [4.78, 5) is 13.8. The molecule has 0 spiro atoms. The van der Waals surface area contributed by atoms with Crippen molar-refractivity contribution in [2.45, 2.75) is 13.5 Å². The van der Waals surface area contributed by atoms with E-state index in [1.807, 2.05) is 6.92 Å². The summed E-state index contributed by atoms with van der Waals surface area (Å²) in [5.74, 6) is 0.466. The Morgan fingerprint density at radius 1 is 1.53 bits per heavy atom. The molecular weight excluding hydrogens is 228 g/mol. The van der Waals surface area contributed by atoms with Gasteiger partial charge in [-0.15, -0.1) is 0 Å². The van der Waals surface area contributed by atoms with Crippen LogP contribution < -0.4 is 5.32 Å². The van der Waals surface area contributed by atoms with Crippen molar-refractivity contribution in [3.8, 4) is 11.6 Å². The third-order valence-corrected chi connectivity index (χ3v) is 1.99. The number of nitrogens with one attached hydrogen (secondary N) is 1. The predicted molar refractivity (Wildman–Crippen MR) is 56.0 cm³/mol. The fourth-order valence-electron chi connectivity index (χ4n) is 1.20. The monoisotopic (exact) mass is 238 g/mol. The summed E-state index contributed by atoms with van der Waals surface area (Å²) in [6.07, 6.45) is 0. The maximum absolute atomic E-state index is 10.4. The Morgan fingerprint density at radius 2 is 2.35 bits per heavy atom. The van der Waals surface area contributed by atoms with E-state index in [0.717, 1.165) is 6.54 Å². The Bertz CT molecular complexity index is 519. The van der Waals surface area contributed by atoms with Gasteiger partial charge in [0.25, 0.3) is 0 Å². The summed E-state index contributed by atoms with van der Waals surface area (Å²) in [7, 11) is 0. The second kappa shape index (κ2) is 4.74. The highest BCUT2D eigenvalue weighted by Crippen LogP contribution is 2.23. The second-order valence-electron chi connectivity index (χ2n) is 3.19. The number of nitro groups is 1. The quantitative estimate of drug-likeness (QED) is 0.618. The van der Waals surface area contributed by atoms with Gasteiger partial charge >= 0.3 is 5.88 Å². The van der Waals surface area contributed by atoms with E-state index < -0.39 is 4.92 Å². The number of furan rings is 1. The van der Waals surface area contributed by atoms with E-state index in [0.29, 0.717) is 12.4 Å². The molecule has 90 valence electrons. The normalized spacial score (nSPS) is 10.6. The summed E-state index contributed by atoms with van der Waals surface area (Å²) in [6.45, 7) is 3.18. The summed E-state index contributed by atoms with van der Waals surface area (Å²) in [6, 6.07) is 2.68. The lowest BCUT2D eigenvalue weighted by molar-refractivity contribution is -0.401. The Kier molecular flexibility index (Phi) is 3.15. The Balaban J connectivity index is 2.15. The van der Waals surface area contributed by atoms with Crippen LogP contribution in [0.15, 0.2) is 21.1 Å². The van der Waals surface area contributed by atoms with Crippen LogP contribution in [0.1, 0.15) is 12.8 Å². The van der Waals surface area contributed by atoms with E-state index in [4.69, 9.17) is 8.94 Å². The summed E-state index contributed by atoms with van der Waals surface area (Å²) < 4.78 is 9.88. The van der Waals surface area contributed by atoms with Crippen molar-refractivity contribution in [3.05, 3.63) is 28.1 Å². The van der Waals surface area contributed by atoms with Crippen molar-refractivity contribution in [3.63, 3.8) is 0 Å². The minimum Gasteiger partial charge on any atom is -0.397 e. The van der Waals surface area contributed by atoms with Crippen molar-refractivity contribution < 1.29 is 13.9 Å². The molecule has 2 aromatic rings. The molecule has 8 heteroatoms. The van der Waals surface area contributed by atoms with Gasteiger partial charge in [-0.3, -0.25) is 10.1 Å². The average molecular weight is 238 g/mol. The molecule has 0 saturated heterocycles. The number of aromatic nitrogens is 2.